The molecule has 0 bridgehead atoms. The maximum absolute atomic E-state index is 13.7. The number of sulfonamides is 1. The van der Waals surface area contributed by atoms with Gasteiger partial charge in [0.15, 0.2) is 0 Å². The Morgan fingerprint density at radius 1 is 1.13 bits per heavy atom. The molecule has 2 aliphatic carbocycles. The van der Waals surface area contributed by atoms with Crippen LogP contribution in [0.25, 0.3) is 0 Å². The summed E-state index contributed by atoms with van der Waals surface area (Å²) >= 11 is 0. The van der Waals surface area contributed by atoms with E-state index in [-0.39, 0.29) is 44.8 Å². The monoisotopic (exact) mass is 566 g/mol. The van der Waals surface area contributed by atoms with E-state index in [0.717, 1.165) is 17.7 Å². The molecule has 7 unspecified atom stereocenters. The molecule has 0 aromatic carbocycles. The number of hydrazine groups is 1. The van der Waals surface area contributed by atoms with Crippen molar-refractivity contribution in [2.24, 2.45) is 5.92 Å². The molecule has 3 heterocycles. The van der Waals surface area contributed by atoms with E-state index in [4.69, 9.17) is 4.84 Å². The highest BCUT2D eigenvalue weighted by atomic mass is 32.2. The summed E-state index contributed by atoms with van der Waals surface area (Å²) < 4.78 is 69.2. The number of hydroxylamine groups is 1. The van der Waals surface area contributed by atoms with Crippen LogP contribution in [0.3, 0.4) is 0 Å². The average molecular weight is 567 g/mol. The number of rotatable bonds is 7. The summed E-state index contributed by atoms with van der Waals surface area (Å²) in [6.07, 6.45) is -2.40. The van der Waals surface area contributed by atoms with E-state index in [1.165, 1.54) is 17.0 Å². The third-order valence-corrected chi connectivity index (χ3v) is 10.8. The van der Waals surface area contributed by atoms with Crippen LogP contribution in [0.4, 0.5) is 18.0 Å². The summed E-state index contributed by atoms with van der Waals surface area (Å²) in [6, 6.07) is -3.44. The lowest BCUT2D eigenvalue weighted by atomic mass is 9.80. The number of hydrogen-bond acceptors (Lipinski definition) is 8. The predicted molar refractivity (Wildman–Crippen MR) is 130 cm³/mol. The van der Waals surface area contributed by atoms with E-state index in [2.05, 4.69) is 15.6 Å². The van der Waals surface area contributed by atoms with Crippen LogP contribution in [0.2, 0.25) is 0 Å². The lowest BCUT2D eigenvalue weighted by Crippen LogP contribution is -2.66. The van der Waals surface area contributed by atoms with Gasteiger partial charge in [-0.2, -0.15) is 18.7 Å². The molecule has 0 aromatic heterocycles. The lowest BCUT2D eigenvalue weighted by Gasteiger charge is -2.49. The van der Waals surface area contributed by atoms with Crippen molar-refractivity contribution < 1.29 is 36.0 Å². The Balaban J connectivity index is 1.37. The van der Waals surface area contributed by atoms with Crippen molar-refractivity contribution in [3.05, 3.63) is 0 Å². The van der Waals surface area contributed by atoms with Gasteiger partial charge >= 0.3 is 12.2 Å². The number of carbonyl (C=O) groups excluding carboxylic acids is 2. The second-order valence-electron chi connectivity index (χ2n) is 11.9. The number of hydrogen-bond donors (Lipinski definition) is 3. The second kappa shape index (κ2) is 9.84. The first-order valence-electron chi connectivity index (χ1n) is 13.3. The molecule has 5 rings (SSSR count). The lowest BCUT2D eigenvalue weighted by molar-refractivity contribution is -0.156. The van der Waals surface area contributed by atoms with Crippen molar-refractivity contribution >= 4 is 22.0 Å². The number of carbonyl (C=O) groups is 2. The maximum Gasteiger partial charge on any atom is 0.405 e. The van der Waals surface area contributed by atoms with Gasteiger partial charge < -0.3 is 4.90 Å². The van der Waals surface area contributed by atoms with Gasteiger partial charge in [0.2, 0.25) is 15.9 Å². The first kappa shape index (κ1) is 28.0. The molecule has 3 amide bonds. The largest absolute Gasteiger partial charge is 0.405 e. The zero-order valence-electron chi connectivity index (χ0n) is 21.8. The van der Waals surface area contributed by atoms with Crippen molar-refractivity contribution in [2.75, 3.05) is 20.1 Å². The molecule has 3 saturated heterocycles. The number of likely N-dealkylation sites (N-methyl/N-ethyl adjacent to an activating group) is 1. The highest BCUT2D eigenvalue weighted by Gasteiger charge is 2.54. The Morgan fingerprint density at radius 3 is 2.42 bits per heavy atom. The summed E-state index contributed by atoms with van der Waals surface area (Å²) in [5.41, 5.74) is 4.81. The van der Waals surface area contributed by atoms with Gasteiger partial charge in [-0.05, 0) is 58.8 Å². The fourth-order valence-corrected chi connectivity index (χ4v) is 8.17. The van der Waals surface area contributed by atoms with Crippen LogP contribution in [-0.2, 0) is 19.7 Å². The smallest absolute Gasteiger partial charge is 0.319 e. The highest BCUT2D eigenvalue weighted by Crippen LogP contribution is 2.41. The van der Waals surface area contributed by atoms with Crippen molar-refractivity contribution in [2.45, 2.75) is 106 Å². The Bertz CT molecular complexity index is 1060. The minimum absolute atomic E-state index is 0.00618. The Labute approximate surface area is 220 Å². The molecular weight excluding hydrogens is 529 g/mol. The summed E-state index contributed by atoms with van der Waals surface area (Å²) in [5.74, 6) is -1.21. The van der Waals surface area contributed by atoms with Gasteiger partial charge in [-0.1, -0.05) is 0 Å². The summed E-state index contributed by atoms with van der Waals surface area (Å²) in [4.78, 5) is 35.4. The Hall–Kier alpha value is -1.52. The second-order valence-corrected chi connectivity index (χ2v) is 13.9. The third-order valence-electron chi connectivity index (χ3n) is 8.71. The van der Waals surface area contributed by atoms with Crippen LogP contribution < -0.4 is 15.6 Å². The number of fused-ring (bicyclic) bond motifs is 1. The molecule has 38 heavy (non-hydrogen) atoms. The minimum atomic E-state index is -4.43. The molecule has 5 fully saturated rings. The third kappa shape index (κ3) is 5.55. The zero-order valence-corrected chi connectivity index (χ0v) is 22.6. The molecule has 216 valence electrons. The molecular formula is C23H37F3N6O5S. The number of amides is 3. The topological polar surface area (TPSA) is 123 Å². The average Bonchev–Trinajstić information content (AvgIpc) is 3.20. The van der Waals surface area contributed by atoms with Gasteiger partial charge in [-0.25, -0.2) is 28.4 Å². The van der Waals surface area contributed by atoms with Gasteiger partial charge in [-0.15, -0.1) is 0 Å². The molecule has 3 aliphatic heterocycles. The van der Waals surface area contributed by atoms with Crippen molar-refractivity contribution in [3.8, 4) is 0 Å². The molecule has 2 saturated carbocycles. The molecule has 5 aliphatic rings. The van der Waals surface area contributed by atoms with Crippen LogP contribution in [0, 0.1) is 5.92 Å². The normalized spacial score (nSPS) is 38.1. The number of alkyl halides is 3. The number of halogens is 3. The van der Waals surface area contributed by atoms with Crippen molar-refractivity contribution in [3.63, 3.8) is 0 Å². The number of nitrogens with one attached hydrogen (secondary N) is 3. The molecule has 0 radical (unpaired) electrons. The molecule has 11 nitrogen and oxygen atoms in total. The Morgan fingerprint density at radius 2 is 1.84 bits per heavy atom. The highest BCUT2D eigenvalue weighted by molar-refractivity contribution is 7.90. The van der Waals surface area contributed by atoms with Crippen LogP contribution in [-0.4, -0.2) is 103 Å². The number of nitrogens with zero attached hydrogens (tertiary/aromatic N) is 3. The van der Waals surface area contributed by atoms with Gasteiger partial charge in [0.05, 0.1) is 23.8 Å². The van der Waals surface area contributed by atoms with Crippen molar-refractivity contribution in [1.82, 2.24) is 30.4 Å². The molecule has 3 N–H and O–H groups in total. The van der Waals surface area contributed by atoms with Crippen LogP contribution >= 0.6 is 0 Å². The van der Waals surface area contributed by atoms with Gasteiger partial charge in [0, 0.05) is 37.3 Å². The fraction of sp³-hybridized carbons (Fsp3) is 0.913. The SMILES string of the molecule is CC1CC(CN2C(=O)C3CC(S(=O)(=O)NC4(C)CC4)CCC3N(CC3CC(C(F)(F)F)NN3C)C2=O)ON1. The first-order chi connectivity index (χ1) is 17.7. The Kier molecular flexibility index (Phi) is 7.26. The quantitative estimate of drug-likeness (QED) is 0.419. The number of imide groups is 1. The van der Waals surface area contributed by atoms with Gasteiger partial charge in [0.1, 0.15) is 6.04 Å². The zero-order chi connectivity index (χ0) is 27.6. The fourth-order valence-electron chi connectivity index (χ4n) is 6.21. The van der Waals surface area contributed by atoms with E-state index >= 15 is 0 Å². The first-order valence-corrected chi connectivity index (χ1v) is 14.8. The predicted octanol–water partition coefficient (Wildman–Crippen LogP) is 1.08. The maximum atomic E-state index is 13.7. The van der Waals surface area contributed by atoms with Crippen LogP contribution in [0.15, 0.2) is 0 Å². The van der Waals surface area contributed by atoms with E-state index in [1.807, 2.05) is 13.8 Å². The van der Waals surface area contributed by atoms with Gasteiger partial charge in [-0.3, -0.25) is 14.5 Å². The van der Waals surface area contributed by atoms with E-state index in [0.29, 0.717) is 6.42 Å². The van der Waals surface area contributed by atoms with Crippen LogP contribution in [0.5, 0.6) is 0 Å². The van der Waals surface area contributed by atoms with Crippen LogP contribution in [0.1, 0.15) is 58.8 Å². The van der Waals surface area contributed by atoms with Crippen molar-refractivity contribution in [1.29, 1.82) is 0 Å². The summed E-state index contributed by atoms with van der Waals surface area (Å²) in [7, 11) is -2.18. The number of urea groups is 1. The molecule has 15 heteroatoms. The van der Waals surface area contributed by atoms with E-state index in [1.54, 1.807) is 0 Å². The molecule has 7 atom stereocenters. The van der Waals surface area contributed by atoms with Gasteiger partial charge in [0.25, 0.3) is 0 Å². The summed E-state index contributed by atoms with van der Waals surface area (Å²) in [6.45, 7) is 3.74. The minimum Gasteiger partial charge on any atom is -0.319 e. The molecule has 0 aromatic rings. The standard InChI is InChI=1S/C23H37F3N6O5S/c1-13-8-15(37-28-13)12-32-20(33)17-10-16(38(35,36)29-22(2)6-7-22)4-5-18(17)31(21(32)34)11-14-9-19(23(24,25)26)27-30(14)3/h13-19,27-29H,4-12H2,1-3H3. The van der Waals surface area contributed by atoms with E-state index in [9.17, 15) is 31.2 Å². The van der Waals surface area contributed by atoms with E-state index < -0.39 is 69.1 Å². The summed E-state index contributed by atoms with van der Waals surface area (Å²) in [5, 5.41) is 0.598. The molecule has 0 spiro atoms.